The van der Waals surface area contributed by atoms with Crippen molar-refractivity contribution in [3.63, 3.8) is 0 Å². The van der Waals surface area contributed by atoms with Crippen molar-refractivity contribution in [1.82, 2.24) is 10.6 Å². The molecule has 2 N–H and O–H groups in total. The van der Waals surface area contributed by atoms with Crippen LogP contribution in [-0.4, -0.2) is 39.2 Å². The second kappa shape index (κ2) is 9.84. The fraction of sp³-hybridized carbons (Fsp3) is 0.368. The third-order valence-corrected chi connectivity index (χ3v) is 5.01. The summed E-state index contributed by atoms with van der Waals surface area (Å²) in [6.07, 6.45) is 0.850. The summed E-state index contributed by atoms with van der Waals surface area (Å²) in [4.78, 5) is 17.0. The summed E-state index contributed by atoms with van der Waals surface area (Å²) in [5, 5.41) is 8.78. The van der Waals surface area contributed by atoms with Crippen molar-refractivity contribution in [2.45, 2.75) is 19.3 Å². The lowest BCUT2D eigenvalue weighted by molar-refractivity contribution is 0.0600. The van der Waals surface area contributed by atoms with Crippen LogP contribution in [-0.2, 0) is 11.2 Å². The molecular formula is C19H25N3O2S. The fourth-order valence-electron chi connectivity index (χ4n) is 2.39. The fourth-order valence-corrected chi connectivity index (χ4v) is 3.18. The van der Waals surface area contributed by atoms with E-state index in [0.717, 1.165) is 31.0 Å². The lowest BCUT2D eigenvalue weighted by Gasteiger charge is -2.15. The van der Waals surface area contributed by atoms with Crippen molar-refractivity contribution in [1.29, 1.82) is 0 Å². The van der Waals surface area contributed by atoms with Crippen LogP contribution in [0, 0.1) is 0 Å². The van der Waals surface area contributed by atoms with Gasteiger partial charge in [0.1, 0.15) is 0 Å². The zero-order valence-corrected chi connectivity index (χ0v) is 15.7. The predicted molar refractivity (Wildman–Crippen MR) is 104 cm³/mol. The molecule has 134 valence electrons. The first kappa shape index (κ1) is 19.0. The van der Waals surface area contributed by atoms with Crippen molar-refractivity contribution in [2.75, 3.05) is 27.2 Å². The van der Waals surface area contributed by atoms with E-state index in [1.54, 1.807) is 30.5 Å². The second-order valence-corrected chi connectivity index (χ2v) is 6.71. The van der Waals surface area contributed by atoms with Crippen molar-refractivity contribution in [3.05, 3.63) is 57.8 Å². The Morgan fingerprint density at radius 2 is 2.00 bits per heavy atom. The van der Waals surface area contributed by atoms with Crippen LogP contribution in [0.5, 0.6) is 0 Å². The van der Waals surface area contributed by atoms with Crippen LogP contribution in [0.3, 0.4) is 0 Å². The van der Waals surface area contributed by atoms with E-state index in [1.807, 2.05) is 12.1 Å². The molecule has 0 saturated heterocycles. The average Bonchev–Trinajstić information content (AvgIpc) is 3.19. The molecule has 0 fully saturated rings. The highest BCUT2D eigenvalue weighted by molar-refractivity contribution is 7.10. The van der Waals surface area contributed by atoms with Crippen molar-refractivity contribution < 1.29 is 9.53 Å². The number of hydrogen-bond donors (Lipinski definition) is 2. The molecule has 25 heavy (non-hydrogen) atoms. The molecule has 5 nitrogen and oxygen atoms in total. The van der Waals surface area contributed by atoms with Crippen molar-refractivity contribution in [3.8, 4) is 0 Å². The minimum absolute atomic E-state index is 0.311. The van der Waals surface area contributed by atoms with Crippen molar-refractivity contribution in [2.24, 2.45) is 4.99 Å². The van der Waals surface area contributed by atoms with Gasteiger partial charge >= 0.3 is 5.97 Å². The number of ether oxygens (including phenoxy) is 1. The molecule has 6 heteroatoms. The minimum Gasteiger partial charge on any atom is -0.465 e. The van der Waals surface area contributed by atoms with Gasteiger partial charge in [-0.1, -0.05) is 25.1 Å². The summed E-state index contributed by atoms with van der Waals surface area (Å²) < 4.78 is 4.70. The molecule has 0 amide bonds. The van der Waals surface area contributed by atoms with Gasteiger partial charge in [-0.05, 0) is 35.6 Å². The molecular weight excluding hydrogens is 334 g/mol. The number of benzene rings is 1. The normalized spacial score (nSPS) is 12.5. The summed E-state index contributed by atoms with van der Waals surface area (Å²) in [5.41, 5.74) is 1.72. The molecule has 0 radical (unpaired) electrons. The number of esters is 1. The summed E-state index contributed by atoms with van der Waals surface area (Å²) in [5.74, 6) is 0.938. The van der Waals surface area contributed by atoms with Gasteiger partial charge in [0.05, 0.1) is 12.7 Å². The first-order valence-electron chi connectivity index (χ1n) is 8.29. The quantitative estimate of drug-likeness (QED) is 0.453. The molecule has 0 aliphatic heterocycles. The van der Waals surface area contributed by atoms with E-state index >= 15 is 0 Å². The highest BCUT2D eigenvalue weighted by atomic mass is 32.1. The molecule has 0 aliphatic rings. The largest absolute Gasteiger partial charge is 0.465 e. The number of carbonyl (C=O) groups is 1. The highest BCUT2D eigenvalue weighted by Crippen LogP contribution is 2.19. The number of aliphatic imine (C=N–C) groups is 1. The third-order valence-electron chi connectivity index (χ3n) is 3.91. The zero-order valence-electron chi connectivity index (χ0n) is 14.9. The molecule has 1 aromatic carbocycles. The van der Waals surface area contributed by atoms with Crippen LogP contribution in [0.15, 0.2) is 46.8 Å². The van der Waals surface area contributed by atoms with Crippen LogP contribution in [0.2, 0.25) is 0 Å². The summed E-state index contributed by atoms with van der Waals surface area (Å²) in [6, 6.07) is 11.7. The summed E-state index contributed by atoms with van der Waals surface area (Å²) in [7, 11) is 3.16. The standard InChI is InChI=1S/C19H25N3O2S/c1-14(17-5-4-12-25-17)13-22-19(20-2)21-11-10-15-6-8-16(9-7-15)18(23)24-3/h4-9,12,14H,10-11,13H2,1-3H3,(H2,20,21,22). The molecule has 0 spiro atoms. The van der Waals surface area contributed by atoms with Gasteiger partial charge < -0.3 is 15.4 Å². The van der Waals surface area contributed by atoms with Crippen LogP contribution in [0.1, 0.15) is 33.6 Å². The lowest BCUT2D eigenvalue weighted by Crippen LogP contribution is -2.39. The van der Waals surface area contributed by atoms with E-state index in [1.165, 1.54) is 12.0 Å². The molecule has 1 heterocycles. The number of rotatable bonds is 7. The number of carbonyl (C=O) groups excluding carboxylic acids is 1. The lowest BCUT2D eigenvalue weighted by atomic mass is 10.1. The van der Waals surface area contributed by atoms with Crippen LogP contribution in [0.4, 0.5) is 0 Å². The van der Waals surface area contributed by atoms with Gasteiger partial charge in [-0.2, -0.15) is 0 Å². The van der Waals surface area contributed by atoms with Gasteiger partial charge in [0, 0.05) is 30.9 Å². The number of thiophene rings is 1. The van der Waals surface area contributed by atoms with Gasteiger partial charge in [0.15, 0.2) is 5.96 Å². The van der Waals surface area contributed by atoms with Gasteiger partial charge in [-0.3, -0.25) is 4.99 Å². The Morgan fingerprint density at radius 3 is 2.60 bits per heavy atom. The van der Waals surface area contributed by atoms with Crippen LogP contribution < -0.4 is 10.6 Å². The maximum atomic E-state index is 11.4. The van der Waals surface area contributed by atoms with E-state index in [4.69, 9.17) is 4.74 Å². The Bertz CT molecular complexity index is 681. The van der Waals surface area contributed by atoms with Gasteiger partial charge in [-0.15, -0.1) is 11.3 Å². The second-order valence-electron chi connectivity index (χ2n) is 5.73. The minimum atomic E-state index is -0.311. The number of nitrogens with one attached hydrogen (secondary N) is 2. The molecule has 0 aliphatic carbocycles. The topological polar surface area (TPSA) is 62.7 Å². The summed E-state index contributed by atoms with van der Waals surface area (Å²) >= 11 is 1.78. The first-order valence-corrected chi connectivity index (χ1v) is 9.17. The van der Waals surface area contributed by atoms with Gasteiger partial charge in [0.2, 0.25) is 0 Å². The maximum Gasteiger partial charge on any atom is 0.337 e. The van der Waals surface area contributed by atoms with E-state index in [2.05, 4.69) is 40.1 Å². The van der Waals surface area contributed by atoms with E-state index < -0.39 is 0 Å². The molecule has 1 unspecified atom stereocenters. The Balaban J connectivity index is 1.74. The van der Waals surface area contributed by atoms with E-state index in [9.17, 15) is 4.79 Å². The average molecular weight is 359 g/mol. The maximum absolute atomic E-state index is 11.4. The Morgan fingerprint density at radius 1 is 1.24 bits per heavy atom. The van der Waals surface area contributed by atoms with Gasteiger partial charge in [0.25, 0.3) is 0 Å². The smallest absolute Gasteiger partial charge is 0.337 e. The monoisotopic (exact) mass is 359 g/mol. The molecule has 0 bridgehead atoms. The van der Waals surface area contributed by atoms with E-state index in [0.29, 0.717) is 11.5 Å². The van der Waals surface area contributed by atoms with Gasteiger partial charge in [-0.25, -0.2) is 4.79 Å². The summed E-state index contributed by atoms with van der Waals surface area (Å²) in [6.45, 7) is 3.81. The molecule has 2 aromatic rings. The number of nitrogens with zero attached hydrogens (tertiary/aromatic N) is 1. The molecule has 1 atom stereocenters. The Labute approximate surface area is 153 Å². The van der Waals surface area contributed by atoms with Crippen LogP contribution in [0.25, 0.3) is 0 Å². The van der Waals surface area contributed by atoms with Crippen LogP contribution >= 0.6 is 11.3 Å². The predicted octanol–water partition coefficient (Wildman–Crippen LogP) is 3.05. The first-order chi connectivity index (χ1) is 12.1. The molecule has 2 rings (SSSR count). The Kier molecular flexibility index (Phi) is 7.47. The molecule has 0 saturated carbocycles. The molecule has 1 aromatic heterocycles. The third kappa shape index (κ3) is 5.90. The number of hydrogen-bond acceptors (Lipinski definition) is 4. The van der Waals surface area contributed by atoms with E-state index in [-0.39, 0.29) is 5.97 Å². The van der Waals surface area contributed by atoms with Crippen molar-refractivity contribution >= 4 is 23.3 Å². The number of methoxy groups -OCH3 is 1. The number of guanidine groups is 1. The highest BCUT2D eigenvalue weighted by Gasteiger charge is 2.08. The zero-order chi connectivity index (χ0) is 18.1. The SMILES string of the molecule is CN=C(NCCc1ccc(C(=O)OC)cc1)NCC(C)c1cccs1. The Hall–Kier alpha value is -2.34.